The van der Waals surface area contributed by atoms with Crippen LogP contribution in [0.25, 0.3) is 0 Å². The van der Waals surface area contributed by atoms with Gasteiger partial charge < -0.3 is 10.1 Å². The summed E-state index contributed by atoms with van der Waals surface area (Å²) < 4.78 is 0. The second-order valence-electron chi connectivity index (χ2n) is 5.09. The summed E-state index contributed by atoms with van der Waals surface area (Å²) in [6, 6.07) is 4.15. The van der Waals surface area contributed by atoms with Gasteiger partial charge in [0.2, 0.25) is 5.91 Å². The molecule has 1 heterocycles. The number of nitrogens with zero attached hydrogens (tertiary/aromatic N) is 1. The summed E-state index contributed by atoms with van der Waals surface area (Å²) in [4.78, 5) is 48.5. The molecule has 0 aromatic heterocycles. The van der Waals surface area contributed by atoms with Crippen molar-refractivity contribution in [1.82, 2.24) is 10.2 Å². The molecule has 6 nitrogen and oxygen atoms in total. The van der Waals surface area contributed by atoms with Crippen LogP contribution in [-0.4, -0.2) is 42.0 Å². The number of carbonyl (C=O) groups is 4. The molecular formula is C16H18N2O4. The van der Waals surface area contributed by atoms with Crippen LogP contribution >= 0.6 is 0 Å². The highest BCUT2D eigenvalue weighted by Gasteiger charge is 2.42. The fraction of sp³-hybridized carbons (Fsp3) is 0.375. The number of nitrogens with one attached hydrogen (secondary N) is 1. The molecule has 0 aliphatic carbocycles. The lowest BCUT2D eigenvalue weighted by molar-refractivity contribution is -0.124. The average Bonchev–Trinajstić information content (AvgIpc) is 2.79. The predicted molar refractivity (Wildman–Crippen MR) is 79.5 cm³/mol. The van der Waals surface area contributed by atoms with Crippen molar-refractivity contribution in [3.8, 4) is 0 Å². The van der Waals surface area contributed by atoms with Gasteiger partial charge in [-0.05, 0) is 30.5 Å². The number of hydrogen-bond donors (Lipinski definition) is 1. The number of fused-ring (bicyclic) bond motifs is 1. The zero-order valence-electron chi connectivity index (χ0n) is 12.6. The first-order valence-electron chi connectivity index (χ1n) is 7.21. The maximum atomic E-state index is 12.5. The molecule has 0 radical (unpaired) electrons. The molecule has 0 fully saturated rings. The van der Waals surface area contributed by atoms with E-state index in [9.17, 15) is 19.2 Å². The molecule has 1 aliphatic heterocycles. The van der Waals surface area contributed by atoms with Crippen LogP contribution in [0, 0.1) is 0 Å². The minimum Gasteiger partial charge on any atom is -0.357 e. The van der Waals surface area contributed by atoms with Crippen LogP contribution in [0.5, 0.6) is 0 Å². The Balaban J connectivity index is 2.39. The summed E-state index contributed by atoms with van der Waals surface area (Å²) in [7, 11) is 1.43. The standard InChI is InChI=1S/C16H18N2O4/c1-3-10-6-7-11-12(9-10)16(22)18(15(11)21)13(5-4-8-19)14(20)17-2/h6-9,13H,3-5H2,1-2H3,(H,17,20). The molecule has 3 amide bonds. The van der Waals surface area contributed by atoms with Gasteiger partial charge in [0.25, 0.3) is 11.8 Å². The van der Waals surface area contributed by atoms with Crippen molar-refractivity contribution >= 4 is 24.0 Å². The van der Waals surface area contributed by atoms with Crippen LogP contribution in [-0.2, 0) is 16.0 Å². The second kappa shape index (κ2) is 6.51. The number of rotatable bonds is 6. The number of hydrogen-bond acceptors (Lipinski definition) is 4. The fourth-order valence-corrected chi connectivity index (χ4v) is 2.58. The fourth-order valence-electron chi connectivity index (χ4n) is 2.58. The first-order valence-corrected chi connectivity index (χ1v) is 7.21. The summed E-state index contributed by atoms with van der Waals surface area (Å²) in [6.07, 6.45) is 1.64. The van der Waals surface area contributed by atoms with E-state index in [0.717, 1.165) is 16.9 Å². The van der Waals surface area contributed by atoms with Crippen molar-refractivity contribution in [2.75, 3.05) is 7.05 Å². The normalized spacial score (nSPS) is 14.7. The first-order chi connectivity index (χ1) is 10.5. The average molecular weight is 302 g/mol. The summed E-state index contributed by atoms with van der Waals surface area (Å²) in [5.41, 5.74) is 1.58. The van der Waals surface area contributed by atoms with Crippen LogP contribution in [0.3, 0.4) is 0 Å². The first kappa shape index (κ1) is 15.9. The maximum Gasteiger partial charge on any atom is 0.262 e. The molecule has 1 aromatic carbocycles. The molecule has 0 saturated carbocycles. The molecule has 0 bridgehead atoms. The van der Waals surface area contributed by atoms with Gasteiger partial charge in [0.1, 0.15) is 12.3 Å². The van der Waals surface area contributed by atoms with E-state index in [-0.39, 0.29) is 12.8 Å². The third-order valence-electron chi connectivity index (χ3n) is 3.81. The van der Waals surface area contributed by atoms with Crippen molar-refractivity contribution < 1.29 is 19.2 Å². The molecule has 6 heteroatoms. The van der Waals surface area contributed by atoms with Gasteiger partial charge in [-0.3, -0.25) is 19.3 Å². The highest BCUT2D eigenvalue weighted by atomic mass is 16.2. The van der Waals surface area contributed by atoms with Crippen LogP contribution in [0.4, 0.5) is 0 Å². The number of amides is 3. The van der Waals surface area contributed by atoms with E-state index in [2.05, 4.69) is 5.32 Å². The largest absolute Gasteiger partial charge is 0.357 e. The lowest BCUT2D eigenvalue weighted by Gasteiger charge is -2.24. The molecule has 1 N–H and O–H groups in total. The third kappa shape index (κ3) is 2.64. The number of carbonyl (C=O) groups excluding carboxylic acids is 4. The van der Waals surface area contributed by atoms with E-state index in [1.807, 2.05) is 6.92 Å². The minimum absolute atomic E-state index is 0.103. The molecule has 1 unspecified atom stereocenters. The van der Waals surface area contributed by atoms with E-state index < -0.39 is 23.8 Å². The van der Waals surface area contributed by atoms with Gasteiger partial charge in [0.15, 0.2) is 0 Å². The molecule has 1 aliphatic rings. The van der Waals surface area contributed by atoms with E-state index in [1.165, 1.54) is 7.05 Å². The molecule has 2 rings (SSSR count). The number of aryl methyl sites for hydroxylation is 1. The summed E-state index contributed by atoms with van der Waals surface area (Å²) in [6.45, 7) is 1.96. The van der Waals surface area contributed by atoms with Crippen molar-refractivity contribution in [2.45, 2.75) is 32.2 Å². The summed E-state index contributed by atoms with van der Waals surface area (Å²) >= 11 is 0. The third-order valence-corrected chi connectivity index (χ3v) is 3.81. The van der Waals surface area contributed by atoms with Crippen molar-refractivity contribution in [3.63, 3.8) is 0 Å². The Kier molecular flexibility index (Phi) is 4.70. The molecule has 1 aromatic rings. The number of likely N-dealkylation sites (N-methyl/N-ethyl adjacent to an activating group) is 1. The quantitative estimate of drug-likeness (QED) is 0.626. The molecule has 1 atom stereocenters. The number of imide groups is 1. The van der Waals surface area contributed by atoms with Gasteiger partial charge in [-0.25, -0.2) is 0 Å². The van der Waals surface area contributed by atoms with Gasteiger partial charge >= 0.3 is 0 Å². The molecule has 116 valence electrons. The molecule has 0 spiro atoms. The van der Waals surface area contributed by atoms with Gasteiger partial charge in [0, 0.05) is 13.5 Å². The SMILES string of the molecule is CCc1ccc2c(c1)C(=O)N(C(CCC=O)C(=O)NC)C2=O. The summed E-state index contributed by atoms with van der Waals surface area (Å²) in [5, 5.41) is 2.44. The van der Waals surface area contributed by atoms with E-state index >= 15 is 0 Å². The predicted octanol–water partition coefficient (Wildman–Crippen LogP) is 0.939. The van der Waals surface area contributed by atoms with E-state index in [1.54, 1.807) is 18.2 Å². The molecular weight excluding hydrogens is 284 g/mol. The Hall–Kier alpha value is -2.50. The van der Waals surface area contributed by atoms with Crippen LogP contribution in [0.1, 0.15) is 46.0 Å². The van der Waals surface area contributed by atoms with Gasteiger partial charge in [-0.15, -0.1) is 0 Å². The summed E-state index contributed by atoms with van der Waals surface area (Å²) in [5.74, 6) is -1.41. The highest BCUT2D eigenvalue weighted by molar-refractivity contribution is 6.23. The Morgan fingerprint density at radius 1 is 1.27 bits per heavy atom. The number of aldehydes is 1. The van der Waals surface area contributed by atoms with E-state index in [0.29, 0.717) is 17.4 Å². The van der Waals surface area contributed by atoms with Crippen molar-refractivity contribution in [1.29, 1.82) is 0 Å². The lowest BCUT2D eigenvalue weighted by atomic mass is 10.0. The van der Waals surface area contributed by atoms with E-state index in [4.69, 9.17) is 0 Å². The second-order valence-corrected chi connectivity index (χ2v) is 5.09. The minimum atomic E-state index is -0.965. The topological polar surface area (TPSA) is 83.6 Å². The monoisotopic (exact) mass is 302 g/mol. The lowest BCUT2D eigenvalue weighted by Crippen LogP contribution is -2.48. The molecule has 0 saturated heterocycles. The molecule has 22 heavy (non-hydrogen) atoms. The Bertz CT molecular complexity index is 639. The van der Waals surface area contributed by atoms with Gasteiger partial charge in [-0.1, -0.05) is 13.0 Å². The zero-order chi connectivity index (χ0) is 16.3. The van der Waals surface area contributed by atoms with Crippen molar-refractivity contribution in [2.24, 2.45) is 0 Å². The Labute approximate surface area is 128 Å². The smallest absolute Gasteiger partial charge is 0.262 e. The zero-order valence-corrected chi connectivity index (χ0v) is 12.6. The number of benzene rings is 1. The van der Waals surface area contributed by atoms with Gasteiger partial charge in [-0.2, -0.15) is 0 Å². The maximum absolute atomic E-state index is 12.5. The Morgan fingerprint density at radius 2 is 1.95 bits per heavy atom. The van der Waals surface area contributed by atoms with Crippen molar-refractivity contribution in [3.05, 3.63) is 34.9 Å². The van der Waals surface area contributed by atoms with Gasteiger partial charge in [0.05, 0.1) is 11.1 Å². The van der Waals surface area contributed by atoms with Crippen LogP contribution in [0.2, 0.25) is 0 Å². The Morgan fingerprint density at radius 3 is 2.55 bits per heavy atom. The van der Waals surface area contributed by atoms with Crippen LogP contribution in [0.15, 0.2) is 18.2 Å². The van der Waals surface area contributed by atoms with Crippen LogP contribution < -0.4 is 5.32 Å². The highest BCUT2D eigenvalue weighted by Crippen LogP contribution is 2.27.